The number of carbonyl (C=O) groups excluding carboxylic acids is 1. The van der Waals surface area contributed by atoms with Crippen molar-refractivity contribution in [3.63, 3.8) is 0 Å². The number of thiophene rings is 1. The predicted octanol–water partition coefficient (Wildman–Crippen LogP) is 2.37. The van der Waals surface area contributed by atoms with Gasteiger partial charge >= 0.3 is 5.97 Å². The van der Waals surface area contributed by atoms with E-state index < -0.39 is 16.0 Å². The molecule has 2 rings (SSSR count). The molecular weight excluding hydrogens is 357 g/mol. The lowest BCUT2D eigenvalue weighted by atomic mass is 10.3. The fourth-order valence-corrected chi connectivity index (χ4v) is 4.31. The van der Waals surface area contributed by atoms with Gasteiger partial charge in [0, 0.05) is 13.6 Å². The highest BCUT2D eigenvalue weighted by molar-refractivity contribution is 7.89. The van der Waals surface area contributed by atoms with E-state index in [1.165, 1.54) is 49.9 Å². The summed E-state index contributed by atoms with van der Waals surface area (Å²) in [5.74, 6) is -0.637. The summed E-state index contributed by atoms with van der Waals surface area (Å²) >= 11 is 1.00. The van der Waals surface area contributed by atoms with Gasteiger partial charge in [0.1, 0.15) is 27.9 Å². The molecule has 0 aliphatic carbocycles. The lowest BCUT2D eigenvalue weighted by molar-refractivity contribution is 0.0602. The first-order valence-electron chi connectivity index (χ1n) is 6.86. The second-order valence-corrected chi connectivity index (χ2v) is 7.66. The Labute approximate surface area is 143 Å². The standard InChI is InChI=1S/C15H16FNO5S2/c1-17(8-9-22-12-5-3-11(16)4-6-12)24(19,20)13-7-10-23-14(13)15(18)21-2/h3-7,10H,8-9H2,1-2H3. The molecule has 9 heteroatoms. The lowest BCUT2D eigenvalue weighted by Gasteiger charge is -2.17. The van der Waals surface area contributed by atoms with Crippen molar-refractivity contribution in [1.82, 2.24) is 4.31 Å². The molecule has 0 amide bonds. The maximum atomic E-state index is 12.8. The predicted molar refractivity (Wildman–Crippen MR) is 87.4 cm³/mol. The van der Waals surface area contributed by atoms with E-state index in [-0.39, 0.29) is 28.7 Å². The topological polar surface area (TPSA) is 72.9 Å². The van der Waals surface area contributed by atoms with Crippen LogP contribution in [0.3, 0.4) is 0 Å². The fourth-order valence-electron chi connectivity index (χ4n) is 1.85. The van der Waals surface area contributed by atoms with Crippen molar-refractivity contribution in [1.29, 1.82) is 0 Å². The van der Waals surface area contributed by atoms with Crippen molar-refractivity contribution < 1.29 is 27.1 Å². The Morgan fingerprint density at radius 2 is 1.92 bits per heavy atom. The highest BCUT2D eigenvalue weighted by atomic mass is 32.2. The van der Waals surface area contributed by atoms with E-state index in [1.54, 1.807) is 0 Å². The molecule has 2 aromatic rings. The van der Waals surface area contributed by atoms with Gasteiger partial charge in [0.25, 0.3) is 0 Å². The van der Waals surface area contributed by atoms with Crippen molar-refractivity contribution in [2.75, 3.05) is 27.3 Å². The molecule has 0 radical (unpaired) electrons. The number of hydrogen-bond acceptors (Lipinski definition) is 6. The van der Waals surface area contributed by atoms with Crippen molar-refractivity contribution in [3.8, 4) is 5.75 Å². The summed E-state index contributed by atoms with van der Waals surface area (Å²) in [6, 6.07) is 6.79. The number of sulfonamides is 1. The molecule has 0 aliphatic rings. The summed E-state index contributed by atoms with van der Waals surface area (Å²) in [7, 11) is -1.26. The van der Waals surface area contributed by atoms with E-state index in [1.807, 2.05) is 0 Å². The van der Waals surface area contributed by atoms with Crippen molar-refractivity contribution in [3.05, 3.63) is 46.4 Å². The van der Waals surface area contributed by atoms with Gasteiger partial charge in [-0.05, 0) is 35.7 Å². The van der Waals surface area contributed by atoms with Gasteiger partial charge in [-0.3, -0.25) is 0 Å². The molecule has 0 bridgehead atoms. The van der Waals surface area contributed by atoms with Gasteiger partial charge in [0.2, 0.25) is 10.0 Å². The zero-order chi connectivity index (χ0) is 17.7. The summed E-state index contributed by atoms with van der Waals surface area (Å²) in [5, 5.41) is 1.52. The second kappa shape index (κ2) is 7.73. The maximum absolute atomic E-state index is 12.8. The average Bonchev–Trinajstić information content (AvgIpc) is 3.06. The molecule has 0 N–H and O–H groups in total. The molecule has 0 saturated heterocycles. The molecular formula is C15H16FNO5S2. The van der Waals surface area contributed by atoms with Crippen LogP contribution in [0.2, 0.25) is 0 Å². The van der Waals surface area contributed by atoms with Crippen LogP contribution < -0.4 is 4.74 Å². The number of benzene rings is 1. The van der Waals surface area contributed by atoms with Gasteiger partial charge in [0.05, 0.1) is 7.11 Å². The highest BCUT2D eigenvalue weighted by Gasteiger charge is 2.28. The minimum Gasteiger partial charge on any atom is -0.492 e. The molecule has 24 heavy (non-hydrogen) atoms. The summed E-state index contributed by atoms with van der Waals surface area (Å²) < 4.78 is 48.9. The smallest absolute Gasteiger partial charge is 0.349 e. The summed E-state index contributed by atoms with van der Waals surface area (Å²) in [4.78, 5) is 11.6. The normalized spacial score (nSPS) is 11.5. The van der Waals surface area contributed by atoms with E-state index in [4.69, 9.17) is 4.74 Å². The van der Waals surface area contributed by atoms with Gasteiger partial charge < -0.3 is 9.47 Å². The zero-order valence-corrected chi connectivity index (χ0v) is 14.7. The molecule has 0 atom stereocenters. The Morgan fingerprint density at radius 3 is 2.54 bits per heavy atom. The Morgan fingerprint density at radius 1 is 1.25 bits per heavy atom. The number of methoxy groups -OCH3 is 1. The Balaban J connectivity index is 2.03. The van der Waals surface area contributed by atoms with Crippen LogP contribution in [-0.2, 0) is 14.8 Å². The largest absolute Gasteiger partial charge is 0.492 e. The zero-order valence-electron chi connectivity index (χ0n) is 13.1. The van der Waals surface area contributed by atoms with Crippen LogP contribution in [0.4, 0.5) is 4.39 Å². The first-order chi connectivity index (χ1) is 11.4. The Hall–Kier alpha value is -1.97. The highest BCUT2D eigenvalue weighted by Crippen LogP contribution is 2.25. The second-order valence-electron chi connectivity index (χ2n) is 4.73. The van der Waals surface area contributed by atoms with E-state index in [2.05, 4.69) is 4.74 Å². The van der Waals surface area contributed by atoms with Crippen LogP contribution in [0, 0.1) is 5.82 Å². The van der Waals surface area contributed by atoms with Crippen LogP contribution in [0.25, 0.3) is 0 Å². The Kier molecular flexibility index (Phi) is 5.92. The monoisotopic (exact) mass is 373 g/mol. The Bertz CT molecular complexity index is 802. The minimum absolute atomic E-state index is 0.0313. The van der Waals surface area contributed by atoms with Crippen LogP contribution in [-0.4, -0.2) is 46.0 Å². The number of hydrogen-bond donors (Lipinski definition) is 0. The average molecular weight is 373 g/mol. The molecule has 130 valence electrons. The van der Waals surface area contributed by atoms with Gasteiger partial charge in [-0.25, -0.2) is 17.6 Å². The van der Waals surface area contributed by atoms with Crippen LogP contribution in [0.15, 0.2) is 40.6 Å². The molecule has 1 aromatic carbocycles. The van der Waals surface area contributed by atoms with Crippen LogP contribution >= 0.6 is 11.3 Å². The third-order valence-electron chi connectivity index (χ3n) is 3.18. The SMILES string of the molecule is COC(=O)c1sccc1S(=O)(=O)N(C)CCOc1ccc(F)cc1. The number of halogens is 1. The van der Waals surface area contributed by atoms with Crippen molar-refractivity contribution in [2.24, 2.45) is 0 Å². The number of ether oxygens (including phenoxy) is 2. The van der Waals surface area contributed by atoms with Gasteiger partial charge in [-0.1, -0.05) is 0 Å². The van der Waals surface area contributed by atoms with Gasteiger partial charge in [0.15, 0.2) is 0 Å². The minimum atomic E-state index is -3.84. The summed E-state index contributed by atoms with van der Waals surface area (Å²) in [6.07, 6.45) is 0. The van der Waals surface area contributed by atoms with E-state index in [0.717, 1.165) is 15.6 Å². The van der Waals surface area contributed by atoms with E-state index >= 15 is 0 Å². The van der Waals surface area contributed by atoms with E-state index in [9.17, 15) is 17.6 Å². The number of carbonyl (C=O) groups is 1. The summed E-state index contributed by atoms with van der Waals surface area (Å²) in [6.45, 7) is 0.148. The molecule has 1 aromatic heterocycles. The molecule has 0 fully saturated rings. The van der Waals surface area contributed by atoms with Gasteiger partial charge in [-0.15, -0.1) is 11.3 Å². The molecule has 0 saturated carbocycles. The fraction of sp³-hybridized carbons (Fsp3) is 0.267. The van der Waals surface area contributed by atoms with Gasteiger partial charge in [-0.2, -0.15) is 4.31 Å². The lowest BCUT2D eigenvalue weighted by Crippen LogP contribution is -2.31. The molecule has 0 aliphatic heterocycles. The quantitative estimate of drug-likeness (QED) is 0.697. The van der Waals surface area contributed by atoms with Crippen LogP contribution in [0.1, 0.15) is 9.67 Å². The third kappa shape index (κ3) is 4.11. The van der Waals surface area contributed by atoms with Crippen molar-refractivity contribution >= 4 is 27.3 Å². The number of rotatable bonds is 7. The third-order valence-corrected chi connectivity index (χ3v) is 6.10. The number of likely N-dealkylation sites (N-methyl/N-ethyl adjacent to an activating group) is 1. The first kappa shape index (κ1) is 18.4. The summed E-state index contributed by atoms with van der Waals surface area (Å²) in [5.41, 5.74) is 0. The van der Waals surface area contributed by atoms with Crippen molar-refractivity contribution in [2.45, 2.75) is 4.90 Å². The molecule has 0 unspecified atom stereocenters. The van der Waals surface area contributed by atoms with Crippen LogP contribution in [0.5, 0.6) is 5.75 Å². The van der Waals surface area contributed by atoms with E-state index in [0.29, 0.717) is 5.75 Å². The number of esters is 1. The number of nitrogens with zero attached hydrogens (tertiary/aromatic N) is 1. The molecule has 1 heterocycles. The molecule has 0 spiro atoms. The molecule has 6 nitrogen and oxygen atoms in total. The first-order valence-corrected chi connectivity index (χ1v) is 9.18. The maximum Gasteiger partial charge on any atom is 0.349 e.